The van der Waals surface area contributed by atoms with Crippen molar-refractivity contribution < 1.29 is 19.1 Å². The molecule has 2 aromatic heterocycles. The molecule has 1 N–H and O–H groups in total. The Balaban J connectivity index is 1.11. The van der Waals surface area contributed by atoms with Gasteiger partial charge in [-0.15, -0.1) is 0 Å². The summed E-state index contributed by atoms with van der Waals surface area (Å²) in [6.07, 6.45) is 8.81. The number of aromatic nitrogens is 3. The number of aryl methyl sites for hydroxylation is 1. The molecule has 3 aliphatic rings. The van der Waals surface area contributed by atoms with Crippen LogP contribution in [0.2, 0.25) is 0 Å². The zero-order valence-electron chi connectivity index (χ0n) is 27.0. The number of ketones is 1. The summed E-state index contributed by atoms with van der Waals surface area (Å²) in [4.78, 5) is 41.4. The number of rotatable bonds is 8. The van der Waals surface area contributed by atoms with Gasteiger partial charge in [0, 0.05) is 49.2 Å². The largest absolute Gasteiger partial charge is 0.444 e. The molecule has 3 heterocycles. The molecule has 9 heteroatoms. The van der Waals surface area contributed by atoms with Gasteiger partial charge in [-0.05, 0) is 99.9 Å². The number of hydrogen-bond donors (Lipinski definition) is 1. The predicted molar refractivity (Wildman–Crippen MR) is 177 cm³/mol. The van der Waals surface area contributed by atoms with Crippen molar-refractivity contribution in [1.29, 1.82) is 0 Å². The van der Waals surface area contributed by atoms with Gasteiger partial charge in [0.25, 0.3) is 0 Å². The SMILES string of the molecule is Cc1ccc2c(CC(=O)[C@H]3CC34CC4)cccc2c1Oc1ncccc1-c1ccnc(N[C@H]2CCCN(C(=O)OC(C)(C)C)C2)n1. The molecule has 7 rings (SSSR count). The van der Waals surface area contributed by atoms with Crippen molar-refractivity contribution in [2.24, 2.45) is 11.3 Å². The van der Waals surface area contributed by atoms with Gasteiger partial charge in [-0.1, -0.05) is 30.3 Å². The van der Waals surface area contributed by atoms with Gasteiger partial charge in [0.2, 0.25) is 11.8 Å². The molecule has 0 unspecified atom stereocenters. The van der Waals surface area contributed by atoms with E-state index < -0.39 is 5.60 Å². The number of amides is 1. The van der Waals surface area contributed by atoms with E-state index in [1.54, 1.807) is 17.3 Å². The number of ether oxygens (including phenoxy) is 2. The molecular weight excluding hydrogens is 578 g/mol. The number of pyridine rings is 1. The molecule has 0 radical (unpaired) electrons. The normalized spacial score (nSPS) is 20.0. The van der Waals surface area contributed by atoms with E-state index in [1.807, 2.05) is 64.1 Å². The van der Waals surface area contributed by atoms with Crippen LogP contribution in [-0.2, 0) is 16.0 Å². The molecule has 4 aromatic rings. The van der Waals surface area contributed by atoms with Gasteiger partial charge in [0.1, 0.15) is 17.1 Å². The molecule has 238 valence electrons. The van der Waals surface area contributed by atoms with Gasteiger partial charge >= 0.3 is 6.09 Å². The molecule has 2 aromatic carbocycles. The second-order valence-corrected chi connectivity index (χ2v) is 14.1. The lowest BCUT2D eigenvalue weighted by Gasteiger charge is -2.34. The van der Waals surface area contributed by atoms with Crippen LogP contribution in [0.4, 0.5) is 10.7 Å². The van der Waals surface area contributed by atoms with Crippen LogP contribution in [0.1, 0.15) is 64.0 Å². The predicted octanol–water partition coefficient (Wildman–Crippen LogP) is 7.52. The van der Waals surface area contributed by atoms with E-state index in [0.717, 1.165) is 46.7 Å². The van der Waals surface area contributed by atoms with Crippen LogP contribution in [0.5, 0.6) is 11.6 Å². The number of piperidine rings is 1. The minimum Gasteiger partial charge on any atom is -0.444 e. The Morgan fingerprint density at radius 2 is 1.87 bits per heavy atom. The number of Topliss-reactive ketones (excluding diaryl/α,β-unsaturated/α-hetero) is 1. The number of nitrogens with zero attached hydrogens (tertiary/aromatic N) is 4. The van der Waals surface area contributed by atoms with Gasteiger partial charge in [-0.2, -0.15) is 0 Å². The molecular formula is C37H41N5O4. The summed E-state index contributed by atoms with van der Waals surface area (Å²) in [5.74, 6) is 2.23. The number of fused-ring (bicyclic) bond motifs is 1. The maximum Gasteiger partial charge on any atom is 0.410 e. The third kappa shape index (κ3) is 6.28. The molecule has 2 saturated carbocycles. The molecule has 1 amide bonds. The highest BCUT2D eigenvalue weighted by atomic mass is 16.6. The topological polar surface area (TPSA) is 107 Å². The highest BCUT2D eigenvalue weighted by Crippen LogP contribution is 2.71. The zero-order chi connectivity index (χ0) is 32.1. The smallest absolute Gasteiger partial charge is 0.410 e. The lowest BCUT2D eigenvalue weighted by Crippen LogP contribution is -2.47. The Morgan fingerprint density at radius 1 is 1.02 bits per heavy atom. The van der Waals surface area contributed by atoms with E-state index in [9.17, 15) is 9.59 Å². The number of likely N-dealkylation sites (tertiary alicyclic amines) is 1. The Labute approximate surface area is 269 Å². The lowest BCUT2D eigenvalue weighted by atomic mass is 9.96. The van der Waals surface area contributed by atoms with E-state index in [2.05, 4.69) is 27.4 Å². The summed E-state index contributed by atoms with van der Waals surface area (Å²) >= 11 is 0. The molecule has 3 fully saturated rings. The Hall–Kier alpha value is -4.53. The van der Waals surface area contributed by atoms with Crippen molar-refractivity contribution >= 4 is 28.6 Å². The summed E-state index contributed by atoms with van der Waals surface area (Å²) in [5, 5.41) is 5.41. The summed E-state index contributed by atoms with van der Waals surface area (Å²) in [5.41, 5.74) is 3.23. The number of anilines is 1. The second-order valence-electron chi connectivity index (χ2n) is 14.1. The molecule has 1 saturated heterocycles. The van der Waals surface area contributed by atoms with Crippen molar-refractivity contribution in [3.63, 3.8) is 0 Å². The summed E-state index contributed by atoms with van der Waals surface area (Å²) < 4.78 is 12.2. The average Bonchev–Trinajstić information content (AvgIpc) is 3.96. The van der Waals surface area contributed by atoms with Crippen molar-refractivity contribution in [2.75, 3.05) is 18.4 Å². The van der Waals surface area contributed by atoms with Gasteiger partial charge in [-0.3, -0.25) is 4.79 Å². The quantitative estimate of drug-likeness (QED) is 0.216. The molecule has 0 bridgehead atoms. The lowest BCUT2D eigenvalue weighted by molar-refractivity contribution is -0.120. The van der Waals surface area contributed by atoms with E-state index in [-0.39, 0.29) is 18.1 Å². The Morgan fingerprint density at radius 3 is 2.65 bits per heavy atom. The van der Waals surface area contributed by atoms with Crippen molar-refractivity contribution in [1.82, 2.24) is 19.9 Å². The highest BCUT2D eigenvalue weighted by molar-refractivity contribution is 5.96. The molecule has 9 nitrogen and oxygen atoms in total. The van der Waals surface area contributed by atoms with Crippen LogP contribution < -0.4 is 10.1 Å². The second kappa shape index (κ2) is 11.7. The van der Waals surface area contributed by atoms with Crippen LogP contribution in [-0.4, -0.2) is 56.5 Å². The molecule has 2 atom stereocenters. The van der Waals surface area contributed by atoms with Crippen LogP contribution in [0.25, 0.3) is 22.0 Å². The average molecular weight is 620 g/mol. The van der Waals surface area contributed by atoms with E-state index >= 15 is 0 Å². The van der Waals surface area contributed by atoms with Gasteiger partial charge in [0.05, 0.1) is 11.3 Å². The summed E-state index contributed by atoms with van der Waals surface area (Å²) in [6.45, 7) is 8.82. The van der Waals surface area contributed by atoms with Crippen LogP contribution in [0, 0.1) is 18.3 Å². The first-order valence-electron chi connectivity index (χ1n) is 16.3. The van der Waals surface area contributed by atoms with Gasteiger partial charge in [-0.25, -0.2) is 19.7 Å². The molecule has 1 spiro atoms. The van der Waals surface area contributed by atoms with Crippen molar-refractivity contribution in [3.05, 3.63) is 72.1 Å². The summed E-state index contributed by atoms with van der Waals surface area (Å²) in [6, 6.07) is 15.9. The van der Waals surface area contributed by atoms with E-state index in [0.29, 0.717) is 54.0 Å². The Bertz CT molecular complexity index is 1810. The number of nitrogens with one attached hydrogen (secondary N) is 1. The van der Waals surface area contributed by atoms with Crippen molar-refractivity contribution in [3.8, 4) is 22.9 Å². The first-order valence-corrected chi connectivity index (χ1v) is 16.3. The zero-order valence-corrected chi connectivity index (χ0v) is 27.0. The fourth-order valence-electron chi connectivity index (χ4n) is 6.73. The molecule has 1 aliphatic heterocycles. The first-order chi connectivity index (χ1) is 22.1. The number of hydrogen-bond acceptors (Lipinski definition) is 8. The third-order valence-corrected chi connectivity index (χ3v) is 9.44. The van der Waals surface area contributed by atoms with Crippen LogP contribution in [0.3, 0.4) is 0 Å². The minimum absolute atomic E-state index is 0.00438. The summed E-state index contributed by atoms with van der Waals surface area (Å²) in [7, 11) is 0. The minimum atomic E-state index is -0.542. The highest BCUT2D eigenvalue weighted by Gasteiger charge is 2.65. The van der Waals surface area contributed by atoms with E-state index in [1.165, 1.54) is 12.8 Å². The van der Waals surface area contributed by atoms with Gasteiger partial charge in [0.15, 0.2) is 0 Å². The maximum atomic E-state index is 13.1. The Kier molecular flexibility index (Phi) is 7.65. The molecule has 46 heavy (non-hydrogen) atoms. The van der Waals surface area contributed by atoms with Gasteiger partial charge < -0.3 is 19.7 Å². The molecule has 2 aliphatic carbocycles. The van der Waals surface area contributed by atoms with Crippen LogP contribution in [0.15, 0.2) is 60.9 Å². The maximum absolute atomic E-state index is 13.1. The van der Waals surface area contributed by atoms with E-state index in [4.69, 9.17) is 14.5 Å². The van der Waals surface area contributed by atoms with Crippen molar-refractivity contribution in [2.45, 2.75) is 77.9 Å². The number of carbonyl (C=O) groups excluding carboxylic acids is 2. The fourth-order valence-corrected chi connectivity index (χ4v) is 6.73. The third-order valence-electron chi connectivity index (χ3n) is 9.44. The number of benzene rings is 2. The first kappa shape index (κ1) is 30.1. The standard InChI is InChI=1S/C37H41N5O4/c1-23-12-13-26-24(20-31(43)29-21-37(29)15-16-37)8-5-10-27(26)32(23)45-33-28(11-6-17-38-33)30-14-18-39-34(41-30)40-25-9-7-19-42(22-25)35(44)46-36(2,3)4/h5-6,8,10-14,17-18,25,29H,7,9,15-16,19-22H2,1-4H3,(H,39,40,41)/t25-,29+/m0/s1. The fraction of sp³-hybridized carbons (Fsp3) is 0.432. The monoisotopic (exact) mass is 619 g/mol. The van der Waals surface area contributed by atoms with Crippen LogP contribution >= 0.6 is 0 Å². The number of carbonyl (C=O) groups is 2.